The van der Waals surface area contributed by atoms with Crippen LogP contribution < -0.4 is 15.2 Å². The maximum atomic E-state index is 14.3. The highest BCUT2D eigenvalue weighted by molar-refractivity contribution is 5.85. The number of ether oxygens (including phenoxy) is 2. The van der Waals surface area contributed by atoms with Crippen molar-refractivity contribution in [3.05, 3.63) is 90.3 Å². The average molecular weight is 525 g/mol. The van der Waals surface area contributed by atoms with Gasteiger partial charge in [-0.25, -0.2) is 24.3 Å². The molecule has 2 aromatic carbocycles. The van der Waals surface area contributed by atoms with Gasteiger partial charge in [0.2, 0.25) is 0 Å². The summed E-state index contributed by atoms with van der Waals surface area (Å²) in [6, 6.07) is 11.8. The molecule has 5 aromatic rings. The highest BCUT2D eigenvalue weighted by Crippen LogP contribution is 2.50. The van der Waals surface area contributed by atoms with Gasteiger partial charge in [-0.05, 0) is 49.4 Å². The smallest absolute Gasteiger partial charge is 0.150 e. The molecule has 0 amide bonds. The number of nitrogen functional groups attached to an aromatic ring is 1. The molecule has 1 fully saturated rings. The van der Waals surface area contributed by atoms with Crippen molar-refractivity contribution in [1.29, 1.82) is 0 Å². The predicted octanol–water partition coefficient (Wildman–Crippen LogP) is 6.49. The van der Waals surface area contributed by atoms with E-state index in [0.29, 0.717) is 40.2 Å². The molecular weight excluding hydrogens is 495 g/mol. The molecule has 8 nitrogen and oxygen atoms in total. The van der Waals surface area contributed by atoms with Gasteiger partial charge in [-0.1, -0.05) is 13.8 Å². The number of halogens is 1. The van der Waals surface area contributed by atoms with Crippen LogP contribution in [0.2, 0.25) is 0 Å². The van der Waals surface area contributed by atoms with Crippen LogP contribution in [0.4, 0.5) is 10.2 Å². The number of imidazole rings is 1. The molecule has 0 atom stereocenters. The standard InChI is InChI=1S/C30H29FN6O2/c1-18-34-15-19(16-35-18)17-38-24-10-22(31)11-25(12-24)39-23-6-4-20(5-7-23)26-27-28(32)33-8-9-37(27)29(36-26)21-13-30(2,3)14-21/h4-12,15-16,21H,13-14,17H2,1-3H3,(H2,32,33). The number of nitrogens with two attached hydrogens (primary N) is 1. The molecule has 6 rings (SSSR count). The van der Waals surface area contributed by atoms with Crippen LogP contribution in [0.3, 0.4) is 0 Å². The van der Waals surface area contributed by atoms with Crippen LogP contribution >= 0.6 is 0 Å². The Bertz CT molecular complexity index is 1640. The molecular formula is C30H29FN6O2. The van der Waals surface area contributed by atoms with Crippen LogP contribution in [0, 0.1) is 18.2 Å². The molecule has 2 N–H and O–H groups in total. The van der Waals surface area contributed by atoms with Gasteiger partial charge in [0.05, 0.1) is 0 Å². The Balaban J connectivity index is 1.22. The number of hydrogen-bond donors (Lipinski definition) is 1. The van der Waals surface area contributed by atoms with Gasteiger partial charge in [0.1, 0.15) is 58.3 Å². The number of hydrogen-bond acceptors (Lipinski definition) is 7. The number of aryl methyl sites for hydroxylation is 1. The molecule has 3 heterocycles. The first-order chi connectivity index (χ1) is 18.7. The molecule has 198 valence electrons. The number of aromatic nitrogens is 5. The van der Waals surface area contributed by atoms with E-state index in [2.05, 4.69) is 33.2 Å². The lowest BCUT2D eigenvalue weighted by Gasteiger charge is -2.41. The molecule has 0 spiro atoms. The van der Waals surface area contributed by atoms with Crippen LogP contribution in [0.15, 0.2) is 67.3 Å². The van der Waals surface area contributed by atoms with Gasteiger partial charge < -0.3 is 15.2 Å². The van der Waals surface area contributed by atoms with E-state index in [1.54, 1.807) is 24.7 Å². The van der Waals surface area contributed by atoms with Gasteiger partial charge in [-0.3, -0.25) is 4.40 Å². The zero-order chi connectivity index (χ0) is 27.1. The molecule has 0 aliphatic heterocycles. The third-order valence-electron chi connectivity index (χ3n) is 7.02. The van der Waals surface area contributed by atoms with Gasteiger partial charge in [0.25, 0.3) is 0 Å². The van der Waals surface area contributed by atoms with E-state index >= 15 is 0 Å². The number of anilines is 1. The van der Waals surface area contributed by atoms with E-state index in [9.17, 15) is 4.39 Å². The van der Waals surface area contributed by atoms with Crippen molar-refractivity contribution in [1.82, 2.24) is 24.3 Å². The van der Waals surface area contributed by atoms with Crippen LogP contribution in [0.1, 0.15) is 49.8 Å². The van der Waals surface area contributed by atoms with Crippen LogP contribution in [0.25, 0.3) is 16.8 Å². The summed E-state index contributed by atoms with van der Waals surface area (Å²) in [4.78, 5) is 17.6. The monoisotopic (exact) mass is 524 g/mol. The van der Waals surface area contributed by atoms with Crippen molar-refractivity contribution in [3.63, 3.8) is 0 Å². The van der Waals surface area contributed by atoms with E-state index in [1.807, 2.05) is 37.4 Å². The van der Waals surface area contributed by atoms with E-state index in [1.165, 1.54) is 12.1 Å². The second-order valence-electron chi connectivity index (χ2n) is 10.8. The lowest BCUT2D eigenvalue weighted by atomic mass is 9.64. The summed E-state index contributed by atoms with van der Waals surface area (Å²) in [5.41, 5.74) is 9.89. The van der Waals surface area contributed by atoms with Crippen molar-refractivity contribution < 1.29 is 13.9 Å². The van der Waals surface area contributed by atoms with Crippen LogP contribution in [-0.2, 0) is 6.61 Å². The van der Waals surface area contributed by atoms with Crippen molar-refractivity contribution in [2.45, 2.75) is 46.1 Å². The Morgan fingerprint density at radius 2 is 1.72 bits per heavy atom. The first-order valence-electron chi connectivity index (χ1n) is 12.9. The average Bonchev–Trinajstić information content (AvgIpc) is 3.28. The molecule has 9 heteroatoms. The summed E-state index contributed by atoms with van der Waals surface area (Å²) in [5, 5.41) is 0. The summed E-state index contributed by atoms with van der Waals surface area (Å²) in [6.45, 7) is 6.59. The van der Waals surface area contributed by atoms with Gasteiger partial charge in [0.15, 0.2) is 0 Å². The first-order valence-corrected chi connectivity index (χ1v) is 12.9. The fourth-order valence-corrected chi connectivity index (χ4v) is 5.19. The van der Waals surface area contributed by atoms with Gasteiger partial charge in [0, 0.05) is 60.0 Å². The third kappa shape index (κ3) is 5.12. The zero-order valence-corrected chi connectivity index (χ0v) is 22.1. The number of nitrogens with zero attached hydrogens (tertiary/aromatic N) is 5. The zero-order valence-electron chi connectivity index (χ0n) is 22.1. The highest BCUT2D eigenvalue weighted by atomic mass is 19.1. The molecule has 39 heavy (non-hydrogen) atoms. The Morgan fingerprint density at radius 1 is 1.00 bits per heavy atom. The highest BCUT2D eigenvalue weighted by Gasteiger charge is 2.39. The van der Waals surface area contributed by atoms with Crippen LogP contribution in [-0.4, -0.2) is 24.3 Å². The van der Waals surface area contributed by atoms with Crippen molar-refractivity contribution in [2.75, 3.05) is 5.73 Å². The normalized spacial score (nSPS) is 14.8. The number of fused-ring (bicyclic) bond motifs is 1. The van der Waals surface area contributed by atoms with Crippen molar-refractivity contribution in [2.24, 2.45) is 5.41 Å². The largest absolute Gasteiger partial charge is 0.489 e. The lowest BCUT2D eigenvalue weighted by Crippen LogP contribution is -2.31. The Hall–Kier alpha value is -4.53. The van der Waals surface area contributed by atoms with Crippen molar-refractivity contribution >= 4 is 11.3 Å². The molecule has 3 aromatic heterocycles. The summed E-state index contributed by atoms with van der Waals surface area (Å²) >= 11 is 0. The van der Waals surface area contributed by atoms with Crippen molar-refractivity contribution in [3.8, 4) is 28.5 Å². The molecule has 0 saturated heterocycles. The minimum absolute atomic E-state index is 0.217. The second kappa shape index (κ2) is 9.65. The molecule has 0 radical (unpaired) electrons. The van der Waals surface area contributed by atoms with E-state index in [4.69, 9.17) is 20.2 Å². The summed E-state index contributed by atoms with van der Waals surface area (Å²) in [6.07, 6.45) is 9.17. The molecule has 0 bridgehead atoms. The fraction of sp³-hybridized carbons (Fsp3) is 0.267. The lowest BCUT2D eigenvalue weighted by molar-refractivity contribution is 0.145. The maximum Gasteiger partial charge on any atom is 0.150 e. The van der Waals surface area contributed by atoms with Gasteiger partial charge >= 0.3 is 0 Å². The maximum absolute atomic E-state index is 14.3. The van der Waals surface area contributed by atoms with E-state index in [-0.39, 0.29) is 6.61 Å². The molecule has 1 aliphatic carbocycles. The Kier molecular flexibility index (Phi) is 6.13. The van der Waals surface area contributed by atoms with E-state index in [0.717, 1.165) is 41.0 Å². The predicted molar refractivity (Wildman–Crippen MR) is 146 cm³/mol. The molecule has 1 saturated carbocycles. The molecule has 0 unspecified atom stereocenters. The van der Waals surface area contributed by atoms with Gasteiger partial charge in [-0.2, -0.15) is 0 Å². The second-order valence-corrected chi connectivity index (χ2v) is 10.8. The Labute approximate surface area is 225 Å². The quantitative estimate of drug-likeness (QED) is 0.260. The minimum atomic E-state index is -0.460. The Morgan fingerprint density at radius 3 is 2.44 bits per heavy atom. The van der Waals surface area contributed by atoms with E-state index < -0.39 is 5.82 Å². The summed E-state index contributed by atoms with van der Waals surface area (Å²) in [7, 11) is 0. The number of benzene rings is 2. The summed E-state index contributed by atoms with van der Waals surface area (Å²) < 4.78 is 28.1. The molecule has 1 aliphatic rings. The van der Waals surface area contributed by atoms with Crippen LogP contribution in [0.5, 0.6) is 17.2 Å². The first kappa shape index (κ1) is 24.8. The topological polar surface area (TPSA) is 100 Å². The summed E-state index contributed by atoms with van der Waals surface area (Å²) in [5.74, 6) is 3.28. The third-order valence-corrected chi connectivity index (χ3v) is 7.02. The fourth-order valence-electron chi connectivity index (χ4n) is 5.19. The van der Waals surface area contributed by atoms with Gasteiger partial charge in [-0.15, -0.1) is 0 Å². The minimum Gasteiger partial charge on any atom is -0.489 e. The SMILES string of the molecule is Cc1ncc(COc2cc(F)cc(Oc3ccc(-c4nc(C5CC(C)(C)C5)n5ccnc(N)c45)cc3)c2)cn1. The number of rotatable bonds is 7.